The third kappa shape index (κ3) is 3.46. The molecule has 0 fully saturated rings. The molecule has 0 atom stereocenters. The first-order valence-corrected chi connectivity index (χ1v) is 10.4. The van der Waals surface area contributed by atoms with Gasteiger partial charge in [0.2, 0.25) is 0 Å². The molecule has 0 spiro atoms. The second-order valence-electron chi connectivity index (χ2n) is 7.96. The predicted octanol–water partition coefficient (Wildman–Crippen LogP) is 4.57. The first-order valence-electron chi connectivity index (χ1n) is 10.4. The summed E-state index contributed by atoms with van der Waals surface area (Å²) >= 11 is 0. The van der Waals surface area contributed by atoms with Crippen molar-refractivity contribution < 1.29 is 4.79 Å². The Hall–Kier alpha value is -4.19. The van der Waals surface area contributed by atoms with Crippen LogP contribution in [0.3, 0.4) is 0 Å². The summed E-state index contributed by atoms with van der Waals surface area (Å²) in [6.07, 6.45) is 1.71. The van der Waals surface area contributed by atoms with Crippen LogP contribution in [0.1, 0.15) is 27.2 Å². The number of anilines is 1. The largest absolute Gasteiger partial charge is 0.321 e. The number of nitrogens with zero attached hydrogens (tertiary/aromatic N) is 3. The van der Waals surface area contributed by atoms with Crippen molar-refractivity contribution >= 4 is 28.3 Å². The number of rotatable bonds is 4. The van der Waals surface area contributed by atoms with Crippen LogP contribution >= 0.6 is 0 Å². The van der Waals surface area contributed by atoms with Gasteiger partial charge >= 0.3 is 0 Å². The van der Waals surface area contributed by atoms with Gasteiger partial charge in [-0.25, -0.2) is 4.98 Å². The topological polar surface area (TPSA) is 68.4 Å². The van der Waals surface area contributed by atoms with Crippen LogP contribution in [0.2, 0.25) is 0 Å². The number of hydrogen-bond acceptors (Lipinski definition) is 3. The van der Waals surface area contributed by atoms with Crippen molar-refractivity contribution in [3.05, 3.63) is 112 Å². The van der Waals surface area contributed by atoms with Crippen LogP contribution in [-0.2, 0) is 6.54 Å². The van der Waals surface area contributed by atoms with Gasteiger partial charge in [0.25, 0.3) is 11.5 Å². The van der Waals surface area contributed by atoms with E-state index < -0.39 is 0 Å². The maximum Gasteiger partial charge on any atom is 0.272 e. The SMILES string of the molecule is Cc1ccc(NC(=O)c2cc3c(=O)n4cccc(C)c4nc3n2Cc2ccccc2)cc1. The smallest absolute Gasteiger partial charge is 0.272 e. The zero-order valence-corrected chi connectivity index (χ0v) is 17.9. The van der Waals surface area contributed by atoms with Gasteiger partial charge in [-0.2, -0.15) is 0 Å². The summed E-state index contributed by atoms with van der Waals surface area (Å²) in [6, 6.07) is 22.8. The van der Waals surface area contributed by atoms with Gasteiger partial charge in [-0.1, -0.05) is 54.1 Å². The first-order chi connectivity index (χ1) is 15.5. The minimum absolute atomic E-state index is 0.190. The number of aromatic nitrogens is 3. The molecule has 0 aliphatic carbocycles. The van der Waals surface area contributed by atoms with E-state index in [-0.39, 0.29) is 11.5 Å². The van der Waals surface area contributed by atoms with Gasteiger partial charge in [0.1, 0.15) is 17.0 Å². The number of carbonyl (C=O) groups is 1. The molecule has 1 amide bonds. The van der Waals surface area contributed by atoms with Crippen molar-refractivity contribution in [2.24, 2.45) is 0 Å². The highest BCUT2D eigenvalue weighted by atomic mass is 16.2. The van der Waals surface area contributed by atoms with Crippen LogP contribution in [0.5, 0.6) is 0 Å². The molecule has 158 valence electrons. The molecule has 5 aromatic rings. The molecule has 5 rings (SSSR count). The Labute approximate surface area is 184 Å². The quantitative estimate of drug-likeness (QED) is 0.461. The molecule has 6 nitrogen and oxygen atoms in total. The fourth-order valence-corrected chi connectivity index (χ4v) is 3.91. The summed E-state index contributed by atoms with van der Waals surface area (Å²) in [5.74, 6) is -0.284. The summed E-state index contributed by atoms with van der Waals surface area (Å²) in [6.45, 7) is 4.34. The Balaban J connectivity index is 1.70. The molecule has 2 aromatic carbocycles. The highest BCUT2D eigenvalue weighted by Crippen LogP contribution is 2.21. The predicted molar refractivity (Wildman–Crippen MR) is 126 cm³/mol. The average molecular weight is 422 g/mol. The fraction of sp³-hybridized carbons (Fsp3) is 0.115. The van der Waals surface area contributed by atoms with Gasteiger partial charge in [0, 0.05) is 18.4 Å². The third-order valence-corrected chi connectivity index (χ3v) is 5.62. The molecule has 3 aromatic heterocycles. The lowest BCUT2D eigenvalue weighted by molar-refractivity contribution is 0.101. The molecule has 0 unspecified atom stereocenters. The maximum absolute atomic E-state index is 13.3. The second-order valence-corrected chi connectivity index (χ2v) is 7.96. The highest BCUT2D eigenvalue weighted by molar-refractivity contribution is 6.06. The van der Waals surface area contributed by atoms with Crippen molar-refractivity contribution in [1.29, 1.82) is 0 Å². The number of hydrogen-bond donors (Lipinski definition) is 1. The molecule has 0 radical (unpaired) electrons. The van der Waals surface area contributed by atoms with Gasteiger partial charge in [0.05, 0.1) is 5.39 Å². The van der Waals surface area contributed by atoms with Crippen LogP contribution in [0.4, 0.5) is 5.69 Å². The molecular formula is C26H22N4O2. The first kappa shape index (κ1) is 19.8. The fourth-order valence-electron chi connectivity index (χ4n) is 3.91. The number of amides is 1. The van der Waals surface area contributed by atoms with Crippen molar-refractivity contribution in [3.63, 3.8) is 0 Å². The molecular weight excluding hydrogens is 400 g/mol. The average Bonchev–Trinajstić information content (AvgIpc) is 3.16. The molecule has 0 saturated carbocycles. The molecule has 3 heterocycles. The van der Waals surface area contributed by atoms with E-state index in [2.05, 4.69) is 5.32 Å². The van der Waals surface area contributed by atoms with E-state index in [1.54, 1.807) is 12.3 Å². The van der Waals surface area contributed by atoms with E-state index in [0.29, 0.717) is 34.6 Å². The molecule has 0 bridgehead atoms. The molecule has 32 heavy (non-hydrogen) atoms. The maximum atomic E-state index is 13.3. The minimum Gasteiger partial charge on any atom is -0.321 e. The number of nitrogens with one attached hydrogen (secondary N) is 1. The van der Waals surface area contributed by atoms with Gasteiger partial charge in [-0.15, -0.1) is 0 Å². The van der Waals surface area contributed by atoms with Crippen molar-refractivity contribution in [1.82, 2.24) is 14.0 Å². The Morgan fingerprint density at radius 3 is 2.44 bits per heavy atom. The number of benzene rings is 2. The van der Waals surface area contributed by atoms with Crippen LogP contribution in [0.15, 0.2) is 83.8 Å². The van der Waals surface area contributed by atoms with Crippen LogP contribution < -0.4 is 10.9 Å². The molecule has 6 heteroatoms. The van der Waals surface area contributed by atoms with Crippen molar-refractivity contribution in [2.75, 3.05) is 5.32 Å². The third-order valence-electron chi connectivity index (χ3n) is 5.62. The molecule has 0 saturated heterocycles. The van der Waals surface area contributed by atoms with Crippen LogP contribution in [-0.4, -0.2) is 19.9 Å². The van der Waals surface area contributed by atoms with Gasteiger partial charge in [-0.05, 0) is 49.2 Å². The Bertz CT molecular complexity index is 1510. The van der Waals surface area contributed by atoms with E-state index in [1.807, 2.05) is 85.1 Å². The normalized spacial score (nSPS) is 11.2. The van der Waals surface area contributed by atoms with E-state index in [9.17, 15) is 9.59 Å². The standard InChI is InChI=1S/C26H22N4O2/c1-17-10-12-20(13-11-17)27-25(31)22-15-21-24(30(22)16-19-8-4-3-5-9-19)28-23-18(2)7-6-14-29(23)26(21)32/h3-15H,16H2,1-2H3,(H,27,31). The number of aryl methyl sites for hydroxylation is 2. The summed E-state index contributed by atoms with van der Waals surface area (Å²) in [4.78, 5) is 31.3. The van der Waals surface area contributed by atoms with Gasteiger partial charge in [-0.3, -0.25) is 14.0 Å². The number of carbonyl (C=O) groups excluding carboxylic acids is 1. The number of fused-ring (bicyclic) bond motifs is 2. The van der Waals surface area contributed by atoms with Gasteiger partial charge in [0.15, 0.2) is 0 Å². The lowest BCUT2D eigenvalue weighted by atomic mass is 10.2. The van der Waals surface area contributed by atoms with Crippen LogP contribution in [0.25, 0.3) is 16.7 Å². The Morgan fingerprint density at radius 2 is 1.69 bits per heavy atom. The number of pyridine rings is 1. The zero-order chi connectivity index (χ0) is 22.2. The van der Waals surface area contributed by atoms with Gasteiger partial charge < -0.3 is 9.88 Å². The lowest BCUT2D eigenvalue weighted by Crippen LogP contribution is -2.18. The van der Waals surface area contributed by atoms with Crippen LogP contribution in [0, 0.1) is 13.8 Å². The summed E-state index contributed by atoms with van der Waals surface area (Å²) < 4.78 is 3.36. The summed E-state index contributed by atoms with van der Waals surface area (Å²) in [5, 5.41) is 3.36. The molecule has 0 aliphatic rings. The van der Waals surface area contributed by atoms with E-state index in [0.717, 1.165) is 16.7 Å². The lowest BCUT2D eigenvalue weighted by Gasteiger charge is -2.12. The Morgan fingerprint density at radius 1 is 0.938 bits per heavy atom. The minimum atomic E-state index is -0.284. The van der Waals surface area contributed by atoms with E-state index >= 15 is 0 Å². The molecule has 1 N–H and O–H groups in total. The summed E-state index contributed by atoms with van der Waals surface area (Å²) in [5.41, 5.74) is 5.01. The highest BCUT2D eigenvalue weighted by Gasteiger charge is 2.20. The van der Waals surface area contributed by atoms with E-state index in [1.165, 1.54) is 4.40 Å². The monoisotopic (exact) mass is 422 g/mol. The van der Waals surface area contributed by atoms with E-state index in [4.69, 9.17) is 4.98 Å². The summed E-state index contributed by atoms with van der Waals surface area (Å²) in [7, 11) is 0. The second kappa shape index (κ2) is 7.81. The Kier molecular flexibility index (Phi) is 4.82. The zero-order valence-electron chi connectivity index (χ0n) is 17.9. The molecule has 0 aliphatic heterocycles. The van der Waals surface area contributed by atoms with Crippen molar-refractivity contribution in [2.45, 2.75) is 20.4 Å². The van der Waals surface area contributed by atoms with Crippen molar-refractivity contribution in [3.8, 4) is 0 Å².